The molecule has 0 aliphatic carbocycles. The van der Waals surface area contributed by atoms with Crippen LogP contribution in [-0.2, 0) is 32.7 Å². The van der Waals surface area contributed by atoms with Crippen LogP contribution in [-0.4, -0.2) is 49.3 Å². The standard InChI is InChI=1S/C63H116NO8P/c1-3-5-7-9-11-13-15-17-19-21-23-25-26-27-28-29-30-31-32-33-34-36-38-40-42-44-46-48-50-52-54-56-63(66)72-61(60-71-73(67,68)70-58-57-64)59-69-62(65)55-53-51-49-47-45-43-41-39-37-35-24-22-20-18-16-14-12-10-8-6-4-2/h5,7,11,13,17,19,22-25,61H,3-4,6,8-10,12,14-16,18,20-21,26-60,64H2,1-2H3,(H,67,68)/b7-5-,13-11-,19-17-,24-22-,25-23-. The summed E-state index contributed by atoms with van der Waals surface area (Å²) in [6.07, 6.45) is 74.3. The highest BCUT2D eigenvalue weighted by Crippen LogP contribution is 2.43. The van der Waals surface area contributed by atoms with Crippen LogP contribution < -0.4 is 5.73 Å². The van der Waals surface area contributed by atoms with Crippen LogP contribution in [0.15, 0.2) is 60.8 Å². The van der Waals surface area contributed by atoms with Gasteiger partial charge in [-0.3, -0.25) is 18.6 Å². The van der Waals surface area contributed by atoms with Gasteiger partial charge in [-0.05, 0) is 77.0 Å². The van der Waals surface area contributed by atoms with Crippen LogP contribution in [0.2, 0.25) is 0 Å². The summed E-state index contributed by atoms with van der Waals surface area (Å²) in [5.74, 6) is -0.818. The number of carbonyl (C=O) groups excluding carboxylic acids is 2. The first-order valence-corrected chi connectivity index (χ1v) is 32.3. The van der Waals surface area contributed by atoms with Gasteiger partial charge in [-0.2, -0.15) is 0 Å². The predicted octanol–water partition coefficient (Wildman–Crippen LogP) is 19.5. The molecule has 0 saturated carbocycles. The van der Waals surface area contributed by atoms with E-state index in [1.165, 1.54) is 199 Å². The van der Waals surface area contributed by atoms with E-state index >= 15 is 0 Å². The molecule has 0 aliphatic rings. The zero-order valence-electron chi connectivity index (χ0n) is 47.6. The van der Waals surface area contributed by atoms with Crippen LogP contribution in [0.4, 0.5) is 0 Å². The van der Waals surface area contributed by atoms with Gasteiger partial charge in [0.15, 0.2) is 6.10 Å². The summed E-state index contributed by atoms with van der Waals surface area (Å²) in [5, 5.41) is 0. The molecule has 10 heteroatoms. The number of esters is 2. The molecule has 0 spiro atoms. The third kappa shape index (κ3) is 58.8. The molecule has 0 aromatic heterocycles. The van der Waals surface area contributed by atoms with Crippen molar-refractivity contribution in [3.8, 4) is 0 Å². The van der Waals surface area contributed by atoms with Crippen LogP contribution in [0.3, 0.4) is 0 Å². The van der Waals surface area contributed by atoms with Crippen molar-refractivity contribution < 1.29 is 37.6 Å². The van der Waals surface area contributed by atoms with Crippen LogP contribution in [0.1, 0.15) is 296 Å². The topological polar surface area (TPSA) is 134 Å². The number of allylic oxidation sites excluding steroid dienone is 10. The lowest BCUT2D eigenvalue weighted by Crippen LogP contribution is -2.29. The van der Waals surface area contributed by atoms with Crippen molar-refractivity contribution in [2.45, 2.75) is 302 Å². The van der Waals surface area contributed by atoms with Crippen molar-refractivity contribution in [2.24, 2.45) is 5.73 Å². The van der Waals surface area contributed by atoms with E-state index in [1.807, 2.05) is 0 Å². The molecule has 0 aromatic carbocycles. The lowest BCUT2D eigenvalue weighted by Gasteiger charge is -2.19. The highest BCUT2D eigenvalue weighted by atomic mass is 31.2. The second-order valence-electron chi connectivity index (χ2n) is 20.5. The fourth-order valence-electron chi connectivity index (χ4n) is 8.86. The van der Waals surface area contributed by atoms with Crippen molar-refractivity contribution in [3.63, 3.8) is 0 Å². The van der Waals surface area contributed by atoms with E-state index < -0.39 is 26.5 Å². The highest BCUT2D eigenvalue weighted by molar-refractivity contribution is 7.47. The quantitative estimate of drug-likeness (QED) is 0.0264. The van der Waals surface area contributed by atoms with Gasteiger partial charge < -0.3 is 20.1 Å². The number of phosphoric ester groups is 1. The number of carbonyl (C=O) groups is 2. The number of hydrogen-bond donors (Lipinski definition) is 2. The molecule has 0 rings (SSSR count). The number of ether oxygens (including phenoxy) is 2. The van der Waals surface area contributed by atoms with E-state index in [9.17, 15) is 19.0 Å². The Balaban J connectivity index is 3.90. The van der Waals surface area contributed by atoms with Crippen LogP contribution in [0.25, 0.3) is 0 Å². The monoisotopic (exact) mass is 1050 g/mol. The molecule has 0 saturated heterocycles. The molecule has 426 valence electrons. The zero-order valence-corrected chi connectivity index (χ0v) is 48.5. The molecule has 3 N–H and O–H groups in total. The molecule has 73 heavy (non-hydrogen) atoms. The van der Waals surface area contributed by atoms with Crippen molar-refractivity contribution in [2.75, 3.05) is 26.4 Å². The summed E-state index contributed by atoms with van der Waals surface area (Å²) in [6, 6.07) is 0. The summed E-state index contributed by atoms with van der Waals surface area (Å²) >= 11 is 0. The summed E-state index contributed by atoms with van der Waals surface area (Å²) < 4.78 is 33.1. The zero-order chi connectivity index (χ0) is 53.1. The minimum atomic E-state index is -4.39. The SMILES string of the molecule is CC/C=C\C/C=C\C/C=C\C/C=C\CCCCCCCCCCCCCCCCCCCCC(=O)OC(COC(=O)CCCCCCCCCCC/C=C\CCCCCCCCCC)COP(=O)(O)OCCN. The van der Waals surface area contributed by atoms with Gasteiger partial charge in [-0.25, -0.2) is 4.57 Å². The Bertz CT molecular complexity index is 1380. The average Bonchev–Trinajstić information content (AvgIpc) is 3.38. The van der Waals surface area contributed by atoms with E-state index in [0.29, 0.717) is 6.42 Å². The van der Waals surface area contributed by atoms with E-state index in [0.717, 1.165) is 64.2 Å². The van der Waals surface area contributed by atoms with Gasteiger partial charge in [0.05, 0.1) is 13.2 Å². The predicted molar refractivity (Wildman–Crippen MR) is 312 cm³/mol. The Labute approximate surface area is 450 Å². The van der Waals surface area contributed by atoms with Crippen molar-refractivity contribution in [1.29, 1.82) is 0 Å². The Morgan fingerprint density at radius 2 is 0.753 bits per heavy atom. The summed E-state index contributed by atoms with van der Waals surface area (Å²) in [4.78, 5) is 35.2. The van der Waals surface area contributed by atoms with Crippen LogP contribution in [0, 0.1) is 0 Å². The maximum absolute atomic E-state index is 12.7. The molecule has 0 aromatic rings. The first-order valence-electron chi connectivity index (χ1n) is 30.8. The molecular formula is C63H116NO8P. The highest BCUT2D eigenvalue weighted by Gasteiger charge is 2.26. The lowest BCUT2D eigenvalue weighted by molar-refractivity contribution is -0.161. The summed E-state index contributed by atoms with van der Waals surface area (Å²) in [5.41, 5.74) is 5.39. The molecule has 2 atom stereocenters. The van der Waals surface area contributed by atoms with Gasteiger partial charge in [0.25, 0.3) is 0 Å². The molecule has 0 amide bonds. The van der Waals surface area contributed by atoms with Gasteiger partial charge in [-0.15, -0.1) is 0 Å². The normalized spacial score (nSPS) is 13.4. The van der Waals surface area contributed by atoms with Crippen LogP contribution in [0.5, 0.6) is 0 Å². The lowest BCUT2D eigenvalue weighted by atomic mass is 10.0. The number of phosphoric acid groups is 1. The van der Waals surface area contributed by atoms with Gasteiger partial charge in [0.2, 0.25) is 0 Å². The molecule has 2 unspecified atom stereocenters. The maximum atomic E-state index is 12.7. The van der Waals surface area contributed by atoms with E-state index in [-0.39, 0.29) is 38.6 Å². The Morgan fingerprint density at radius 3 is 1.14 bits per heavy atom. The second kappa shape index (κ2) is 59.0. The van der Waals surface area contributed by atoms with Gasteiger partial charge in [0, 0.05) is 19.4 Å². The van der Waals surface area contributed by atoms with Gasteiger partial charge in [0.1, 0.15) is 6.61 Å². The van der Waals surface area contributed by atoms with Crippen molar-refractivity contribution >= 4 is 19.8 Å². The van der Waals surface area contributed by atoms with Crippen molar-refractivity contribution in [1.82, 2.24) is 0 Å². The summed E-state index contributed by atoms with van der Waals surface area (Å²) in [7, 11) is -4.39. The van der Waals surface area contributed by atoms with Gasteiger partial charge >= 0.3 is 19.8 Å². The maximum Gasteiger partial charge on any atom is 0.472 e. The minimum Gasteiger partial charge on any atom is -0.462 e. The summed E-state index contributed by atoms with van der Waals surface area (Å²) in [6.45, 7) is 3.67. The first-order chi connectivity index (χ1) is 35.8. The number of hydrogen-bond acceptors (Lipinski definition) is 8. The third-order valence-electron chi connectivity index (χ3n) is 13.4. The fraction of sp³-hybridized carbons (Fsp3) is 0.810. The molecular weight excluding hydrogens is 930 g/mol. The van der Waals surface area contributed by atoms with E-state index in [4.69, 9.17) is 24.3 Å². The Morgan fingerprint density at radius 1 is 0.425 bits per heavy atom. The van der Waals surface area contributed by atoms with E-state index in [2.05, 4.69) is 74.6 Å². The second-order valence-corrected chi connectivity index (χ2v) is 22.0. The third-order valence-corrected chi connectivity index (χ3v) is 14.4. The van der Waals surface area contributed by atoms with Crippen molar-refractivity contribution in [3.05, 3.63) is 60.8 Å². The minimum absolute atomic E-state index is 0.0534. The Kier molecular flexibility index (Phi) is 57.1. The fourth-order valence-corrected chi connectivity index (χ4v) is 9.63. The smallest absolute Gasteiger partial charge is 0.462 e. The molecule has 0 heterocycles. The molecule has 9 nitrogen and oxygen atoms in total. The Hall–Kier alpha value is -2.29. The molecule has 0 aliphatic heterocycles. The average molecular weight is 1050 g/mol. The molecule has 0 fully saturated rings. The number of unbranched alkanes of at least 4 members (excludes halogenated alkanes) is 35. The first kappa shape index (κ1) is 70.7. The van der Waals surface area contributed by atoms with E-state index in [1.54, 1.807) is 0 Å². The largest absolute Gasteiger partial charge is 0.472 e. The molecule has 0 bridgehead atoms. The number of nitrogens with two attached hydrogens (primary N) is 1. The molecule has 0 radical (unpaired) electrons. The number of rotatable bonds is 58. The van der Waals surface area contributed by atoms with Crippen LogP contribution >= 0.6 is 7.82 Å². The van der Waals surface area contributed by atoms with Gasteiger partial charge in [-0.1, -0.05) is 267 Å².